The first-order valence-corrected chi connectivity index (χ1v) is 7.09. The van der Waals surface area contributed by atoms with E-state index in [1.54, 1.807) is 0 Å². The molecule has 0 saturated heterocycles. The summed E-state index contributed by atoms with van der Waals surface area (Å²) in [5, 5.41) is 4.59. The number of anilines is 2. The Morgan fingerprint density at radius 1 is 1.05 bits per heavy atom. The van der Waals surface area contributed by atoms with Crippen molar-refractivity contribution in [1.29, 1.82) is 0 Å². The van der Waals surface area contributed by atoms with E-state index in [2.05, 4.69) is 30.4 Å². The van der Waals surface area contributed by atoms with Crippen molar-refractivity contribution >= 4 is 22.4 Å². The molecule has 0 fully saturated rings. The Morgan fingerprint density at radius 3 is 2.71 bits per heavy atom. The number of aromatic nitrogens is 1. The number of nitrogen functional groups attached to an aromatic ring is 1. The number of fused-ring (bicyclic) bond motifs is 1. The number of pyridine rings is 1. The molecule has 0 saturated carbocycles. The van der Waals surface area contributed by atoms with Crippen LogP contribution in [0.5, 0.6) is 0 Å². The number of benzene rings is 2. The van der Waals surface area contributed by atoms with Gasteiger partial charge < -0.3 is 11.1 Å². The predicted molar refractivity (Wildman–Crippen MR) is 89.4 cm³/mol. The van der Waals surface area contributed by atoms with Crippen LogP contribution in [-0.2, 0) is 6.54 Å². The lowest BCUT2D eigenvalue weighted by Gasteiger charge is -2.12. The maximum absolute atomic E-state index is 5.95. The van der Waals surface area contributed by atoms with Gasteiger partial charge in [-0.1, -0.05) is 30.3 Å². The Hall–Kier alpha value is -2.55. The van der Waals surface area contributed by atoms with Crippen LogP contribution in [0.2, 0.25) is 0 Å². The van der Waals surface area contributed by atoms with Gasteiger partial charge in [-0.05, 0) is 48.7 Å². The minimum Gasteiger partial charge on any atom is -0.399 e. The summed E-state index contributed by atoms with van der Waals surface area (Å²) < 4.78 is 0. The maximum atomic E-state index is 5.95. The molecular weight excluding hydrogens is 258 g/mol. The van der Waals surface area contributed by atoms with E-state index >= 15 is 0 Å². The van der Waals surface area contributed by atoms with Gasteiger partial charge in [0, 0.05) is 17.6 Å². The minimum absolute atomic E-state index is 0.725. The molecule has 3 nitrogen and oxygen atoms in total. The van der Waals surface area contributed by atoms with Gasteiger partial charge in [0.2, 0.25) is 0 Å². The molecule has 106 valence electrons. The van der Waals surface area contributed by atoms with Crippen LogP contribution in [0, 0.1) is 13.8 Å². The van der Waals surface area contributed by atoms with Crippen LogP contribution in [-0.4, -0.2) is 4.98 Å². The number of aryl methyl sites for hydroxylation is 1. The van der Waals surface area contributed by atoms with Gasteiger partial charge in [-0.15, -0.1) is 0 Å². The molecule has 0 bridgehead atoms. The molecule has 3 aromatic rings. The van der Waals surface area contributed by atoms with E-state index < -0.39 is 0 Å². The van der Waals surface area contributed by atoms with Crippen molar-refractivity contribution < 1.29 is 0 Å². The number of nitrogens with two attached hydrogens (primary N) is 1. The highest BCUT2D eigenvalue weighted by molar-refractivity contribution is 5.81. The SMILES string of the molecule is Cc1cc2ccccc2nc1NCc1cccc(N)c1C. The lowest BCUT2D eigenvalue weighted by Crippen LogP contribution is -2.06. The van der Waals surface area contributed by atoms with E-state index in [1.165, 1.54) is 10.9 Å². The van der Waals surface area contributed by atoms with Gasteiger partial charge in [0.05, 0.1) is 5.52 Å². The minimum atomic E-state index is 0.725. The van der Waals surface area contributed by atoms with Crippen molar-refractivity contribution in [2.75, 3.05) is 11.1 Å². The van der Waals surface area contributed by atoms with E-state index in [4.69, 9.17) is 10.7 Å². The molecule has 3 heteroatoms. The molecule has 3 N–H and O–H groups in total. The Kier molecular flexibility index (Phi) is 3.48. The highest BCUT2D eigenvalue weighted by Crippen LogP contribution is 2.21. The Labute approximate surface area is 124 Å². The molecule has 3 rings (SSSR count). The van der Waals surface area contributed by atoms with Gasteiger partial charge in [0.15, 0.2) is 0 Å². The van der Waals surface area contributed by atoms with Crippen molar-refractivity contribution in [3.05, 3.63) is 65.2 Å². The summed E-state index contributed by atoms with van der Waals surface area (Å²) in [5.74, 6) is 0.926. The lowest BCUT2D eigenvalue weighted by molar-refractivity contribution is 1.09. The van der Waals surface area contributed by atoms with E-state index in [9.17, 15) is 0 Å². The van der Waals surface area contributed by atoms with E-state index in [0.717, 1.165) is 34.7 Å². The maximum Gasteiger partial charge on any atom is 0.129 e. The van der Waals surface area contributed by atoms with Crippen LogP contribution in [0.25, 0.3) is 10.9 Å². The molecular formula is C18H19N3. The second-order valence-corrected chi connectivity index (χ2v) is 5.33. The Morgan fingerprint density at radius 2 is 1.86 bits per heavy atom. The van der Waals surface area contributed by atoms with Crippen molar-refractivity contribution in [2.45, 2.75) is 20.4 Å². The van der Waals surface area contributed by atoms with Crippen LogP contribution in [0.1, 0.15) is 16.7 Å². The standard InChI is InChI=1S/C18H19N3/c1-12-10-14-6-3-4-9-17(14)21-18(12)20-11-15-7-5-8-16(19)13(15)2/h3-10H,11,19H2,1-2H3,(H,20,21). The quantitative estimate of drug-likeness (QED) is 0.710. The first-order valence-electron chi connectivity index (χ1n) is 7.09. The molecule has 2 aromatic carbocycles. The van der Waals surface area contributed by atoms with Gasteiger partial charge in [0.1, 0.15) is 5.82 Å². The smallest absolute Gasteiger partial charge is 0.129 e. The summed E-state index contributed by atoms with van der Waals surface area (Å²) in [4.78, 5) is 4.70. The molecule has 0 radical (unpaired) electrons. The largest absolute Gasteiger partial charge is 0.399 e. The number of nitrogens with one attached hydrogen (secondary N) is 1. The fourth-order valence-electron chi connectivity index (χ4n) is 2.47. The van der Waals surface area contributed by atoms with Crippen molar-refractivity contribution in [1.82, 2.24) is 4.98 Å². The van der Waals surface area contributed by atoms with Gasteiger partial charge in [-0.3, -0.25) is 0 Å². The summed E-state index contributed by atoms with van der Waals surface area (Å²) in [5.41, 5.74) is 11.3. The van der Waals surface area contributed by atoms with Crippen LogP contribution in [0.3, 0.4) is 0 Å². The number of para-hydroxylation sites is 1. The van der Waals surface area contributed by atoms with E-state index in [0.29, 0.717) is 0 Å². The number of nitrogens with zero attached hydrogens (tertiary/aromatic N) is 1. The second-order valence-electron chi connectivity index (χ2n) is 5.33. The number of rotatable bonds is 3. The zero-order valence-corrected chi connectivity index (χ0v) is 12.4. The van der Waals surface area contributed by atoms with Gasteiger partial charge in [0.25, 0.3) is 0 Å². The lowest BCUT2D eigenvalue weighted by atomic mass is 10.1. The van der Waals surface area contributed by atoms with Crippen LogP contribution < -0.4 is 11.1 Å². The summed E-state index contributed by atoms with van der Waals surface area (Å²) in [6.07, 6.45) is 0. The van der Waals surface area contributed by atoms with Gasteiger partial charge in [-0.2, -0.15) is 0 Å². The van der Waals surface area contributed by atoms with Gasteiger partial charge >= 0.3 is 0 Å². The molecule has 0 aliphatic carbocycles. The number of hydrogen-bond donors (Lipinski definition) is 2. The molecule has 0 spiro atoms. The van der Waals surface area contributed by atoms with E-state index in [1.807, 2.05) is 37.3 Å². The Balaban J connectivity index is 1.88. The zero-order chi connectivity index (χ0) is 14.8. The first kappa shape index (κ1) is 13.4. The first-order chi connectivity index (χ1) is 10.1. The third-order valence-corrected chi connectivity index (χ3v) is 3.85. The summed E-state index contributed by atoms with van der Waals surface area (Å²) in [7, 11) is 0. The fourth-order valence-corrected chi connectivity index (χ4v) is 2.47. The highest BCUT2D eigenvalue weighted by Gasteiger charge is 2.05. The molecule has 0 aliphatic heterocycles. The average Bonchev–Trinajstić information content (AvgIpc) is 2.49. The molecule has 1 aromatic heterocycles. The normalized spacial score (nSPS) is 10.8. The van der Waals surface area contributed by atoms with E-state index in [-0.39, 0.29) is 0 Å². The third-order valence-electron chi connectivity index (χ3n) is 3.85. The fraction of sp³-hybridized carbons (Fsp3) is 0.167. The van der Waals surface area contributed by atoms with Gasteiger partial charge in [-0.25, -0.2) is 4.98 Å². The molecule has 0 aliphatic rings. The Bertz CT molecular complexity index is 794. The van der Waals surface area contributed by atoms with Crippen LogP contribution in [0.4, 0.5) is 11.5 Å². The number of hydrogen-bond acceptors (Lipinski definition) is 3. The molecule has 0 atom stereocenters. The van der Waals surface area contributed by atoms with Crippen molar-refractivity contribution in [2.24, 2.45) is 0 Å². The monoisotopic (exact) mass is 277 g/mol. The molecule has 0 amide bonds. The van der Waals surface area contributed by atoms with Crippen molar-refractivity contribution in [3.8, 4) is 0 Å². The highest BCUT2D eigenvalue weighted by atomic mass is 15.0. The third kappa shape index (κ3) is 2.68. The molecule has 1 heterocycles. The summed E-state index contributed by atoms with van der Waals surface area (Å²) >= 11 is 0. The summed E-state index contributed by atoms with van der Waals surface area (Å²) in [6.45, 7) is 4.85. The summed E-state index contributed by atoms with van der Waals surface area (Å²) in [6, 6.07) is 16.3. The molecule has 0 unspecified atom stereocenters. The average molecular weight is 277 g/mol. The van der Waals surface area contributed by atoms with Crippen LogP contribution in [0.15, 0.2) is 48.5 Å². The van der Waals surface area contributed by atoms with Crippen molar-refractivity contribution in [3.63, 3.8) is 0 Å². The predicted octanol–water partition coefficient (Wildman–Crippen LogP) is 4.05. The zero-order valence-electron chi connectivity index (χ0n) is 12.4. The van der Waals surface area contributed by atoms with Crippen LogP contribution >= 0.6 is 0 Å². The molecule has 21 heavy (non-hydrogen) atoms. The second kappa shape index (κ2) is 5.44. The topological polar surface area (TPSA) is 50.9 Å².